The van der Waals surface area contributed by atoms with E-state index < -0.39 is 5.91 Å². The summed E-state index contributed by atoms with van der Waals surface area (Å²) in [5, 5.41) is 15.0. The Morgan fingerprint density at radius 1 is 1.27 bits per heavy atom. The van der Waals surface area contributed by atoms with Crippen LogP contribution >= 0.6 is 23.2 Å². The zero-order valence-corrected chi connectivity index (χ0v) is 12.6. The van der Waals surface area contributed by atoms with Gasteiger partial charge >= 0.3 is 0 Å². The number of halogens is 2. The molecule has 0 aliphatic heterocycles. The number of nitriles is 1. The van der Waals surface area contributed by atoms with Gasteiger partial charge in [0, 0.05) is 23.6 Å². The molecular formula is C14H9Cl2N5O. The SMILES string of the molecule is N#C/C(=C/Nc1ncccn1)C(=O)Nc1cc(Cl)ccc1Cl. The fraction of sp³-hybridized carbons (Fsp3) is 0. The van der Waals surface area contributed by atoms with Gasteiger partial charge in [0.2, 0.25) is 5.95 Å². The lowest BCUT2D eigenvalue weighted by Crippen LogP contribution is -2.15. The second-order valence-corrected chi connectivity index (χ2v) is 4.81. The Labute approximate surface area is 136 Å². The smallest absolute Gasteiger partial charge is 0.267 e. The average molecular weight is 334 g/mol. The van der Waals surface area contributed by atoms with Crippen LogP contribution in [-0.4, -0.2) is 15.9 Å². The average Bonchev–Trinajstić information content (AvgIpc) is 2.52. The molecule has 1 amide bonds. The van der Waals surface area contributed by atoms with Crippen LogP contribution < -0.4 is 10.6 Å². The molecule has 1 heterocycles. The number of carbonyl (C=O) groups is 1. The molecule has 0 fully saturated rings. The van der Waals surface area contributed by atoms with Crippen LogP contribution in [-0.2, 0) is 4.79 Å². The van der Waals surface area contributed by atoms with Crippen molar-refractivity contribution in [3.8, 4) is 6.07 Å². The summed E-state index contributed by atoms with van der Waals surface area (Å²) < 4.78 is 0. The first-order chi connectivity index (χ1) is 10.6. The fourth-order valence-corrected chi connectivity index (χ4v) is 1.78. The first kappa shape index (κ1) is 15.8. The molecular weight excluding hydrogens is 325 g/mol. The minimum atomic E-state index is -0.630. The Balaban J connectivity index is 2.12. The molecule has 0 radical (unpaired) electrons. The number of carbonyl (C=O) groups excluding carboxylic acids is 1. The monoisotopic (exact) mass is 333 g/mol. The lowest BCUT2D eigenvalue weighted by atomic mass is 10.2. The predicted molar refractivity (Wildman–Crippen MR) is 84.4 cm³/mol. The van der Waals surface area contributed by atoms with Crippen molar-refractivity contribution in [1.29, 1.82) is 5.26 Å². The van der Waals surface area contributed by atoms with Crippen LogP contribution in [0.3, 0.4) is 0 Å². The number of nitrogens with one attached hydrogen (secondary N) is 2. The predicted octanol–water partition coefficient (Wildman–Crippen LogP) is 3.24. The Bertz CT molecular complexity index is 756. The molecule has 0 aliphatic carbocycles. The number of benzene rings is 1. The lowest BCUT2D eigenvalue weighted by Gasteiger charge is -2.07. The van der Waals surface area contributed by atoms with Crippen LogP contribution in [0.4, 0.5) is 11.6 Å². The maximum absolute atomic E-state index is 12.0. The normalized spacial score (nSPS) is 10.7. The van der Waals surface area contributed by atoms with Crippen LogP contribution in [0.1, 0.15) is 0 Å². The van der Waals surface area contributed by atoms with Gasteiger partial charge < -0.3 is 10.6 Å². The number of nitrogens with zero attached hydrogens (tertiary/aromatic N) is 3. The van der Waals surface area contributed by atoms with E-state index in [0.717, 1.165) is 0 Å². The van der Waals surface area contributed by atoms with E-state index in [1.54, 1.807) is 24.3 Å². The van der Waals surface area contributed by atoms with Gasteiger partial charge in [-0.2, -0.15) is 5.26 Å². The highest BCUT2D eigenvalue weighted by Gasteiger charge is 2.11. The fourth-order valence-electron chi connectivity index (χ4n) is 1.44. The molecule has 110 valence electrons. The van der Waals surface area contributed by atoms with Gasteiger partial charge in [0.15, 0.2) is 0 Å². The topological polar surface area (TPSA) is 90.7 Å². The first-order valence-corrected chi connectivity index (χ1v) is 6.76. The zero-order valence-electron chi connectivity index (χ0n) is 11.0. The van der Waals surface area contributed by atoms with Crippen molar-refractivity contribution in [2.45, 2.75) is 0 Å². The van der Waals surface area contributed by atoms with Crippen LogP contribution in [0.5, 0.6) is 0 Å². The second-order valence-electron chi connectivity index (χ2n) is 3.96. The third kappa shape index (κ3) is 4.19. The van der Waals surface area contributed by atoms with Gasteiger partial charge in [-0.05, 0) is 24.3 Å². The summed E-state index contributed by atoms with van der Waals surface area (Å²) in [5.74, 6) is -0.362. The minimum Gasteiger partial charge on any atom is -0.329 e. The van der Waals surface area contributed by atoms with Gasteiger partial charge in [-0.15, -0.1) is 0 Å². The molecule has 2 rings (SSSR count). The molecule has 22 heavy (non-hydrogen) atoms. The van der Waals surface area contributed by atoms with E-state index in [4.69, 9.17) is 28.5 Å². The molecule has 8 heteroatoms. The van der Waals surface area contributed by atoms with Gasteiger partial charge in [0.25, 0.3) is 5.91 Å². The summed E-state index contributed by atoms with van der Waals surface area (Å²) in [6.45, 7) is 0. The van der Waals surface area contributed by atoms with Crippen molar-refractivity contribution >= 4 is 40.7 Å². The number of hydrogen-bond donors (Lipinski definition) is 2. The van der Waals surface area contributed by atoms with Crippen molar-refractivity contribution in [3.63, 3.8) is 0 Å². The molecule has 0 spiro atoms. The summed E-state index contributed by atoms with van der Waals surface area (Å²) in [4.78, 5) is 19.9. The number of anilines is 2. The lowest BCUT2D eigenvalue weighted by molar-refractivity contribution is -0.112. The van der Waals surface area contributed by atoms with Crippen LogP contribution in [0.25, 0.3) is 0 Å². The van der Waals surface area contributed by atoms with E-state index in [-0.39, 0.29) is 11.5 Å². The molecule has 0 aliphatic rings. The number of aromatic nitrogens is 2. The van der Waals surface area contributed by atoms with Crippen molar-refractivity contribution in [2.24, 2.45) is 0 Å². The maximum atomic E-state index is 12.0. The molecule has 0 unspecified atom stereocenters. The van der Waals surface area contributed by atoms with Gasteiger partial charge in [-0.25, -0.2) is 9.97 Å². The molecule has 1 aromatic carbocycles. The highest BCUT2D eigenvalue weighted by molar-refractivity contribution is 6.35. The van der Waals surface area contributed by atoms with Gasteiger partial charge in [-0.1, -0.05) is 23.2 Å². The maximum Gasteiger partial charge on any atom is 0.267 e. The molecule has 1 aromatic heterocycles. The van der Waals surface area contributed by atoms with Crippen molar-refractivity contribution in [3.05, 3.63) is 58.5 Å². The third-order valence-corrected chi connectivity index (χ3v) is 3.02. The Hall–Kier alpha value is -2.62. The summed E-state index contributed by atoms with van der Waals surface area (Å²) in [5.41, 5.74) is 0.153. The first-order valence-electron chi connectivity index (χ1n) is 6.00. The number of rotatable bonds is 4. The van der Waals surface area contributed by atoms with Crippen LogP contribution in [0.2, 0.25) is 10.0 Å². The Kier molecular flexibility index (Phi) is 5.31. The summed E-state index contributed by atoms with van der Waals surface area (Å²) in [6.07, 6.45) is 4.27. The molecule has 0 saturated heterocycles. The van der Waals surface area contributed by atoms with E-state index in [1.165, 1.54) is 24.7 Å². The molecule has 6 nitrogen and oxygen atoms in total. The number of hydrogen-bond acceptors (Lipinski definition) is 5. The molecule has 0 atom stereocenters. The van der Waals surface area contributed by atoms with Gasteiger partial charge in [-0.3, -0.25) is 4.79 Å². The summed E-state index contributed by atoms with van der Waals surface area (Å²) >= 11 is 11.8. The van der Waals surface area contributed by atoms with E-state index >= 15 is 0 Å². The van der Waals surface area contributed by atoms with E-state index in [0.29, 0.717) is 15.7 Å². The van der Waals surface area contributed by atoms with Crippen molar-refractivity contribution in [1.82, 2.24) is 9.97 Å². The van der Waals surface area contributed by atoms with Crippen LogP contribution in [0.15, 0.2) is 48.4 Å². The minimum absolute atomic E-state index is 0.163. The molecule has 2 aromatic rings. The molecule has 0 bridgehead atoms. The Morgan fingerprint density at radius 2 is 2.00 bits per heavy atom. The molecule has 2 N–H and O–H groups in total. The molecule has 0 saturated carbocycles. The third-order valence-electron chi connectivity index (χ3n) is 2.45. The van der Waals surface area contributed by atoms with Crippen molar-refractivity contribution < 1.29 is 4.79 Å². The highest BCUT2D eigenvalue weighted by Crippen LogP contribution is 2.25. The van der Waals surface area contributed by atoms with E-state index in [1.807, 2.05) is 0 Å². The summed E-state index contributed by atoms with van der Waals surface area (Å²) in [6, 6.07) is 8.06. The number of amides is 1. The van der Waals surface area contributed by atoms with Crippen LogP contribution in [0, 0.1) is 11.3 Å². The van der Waals surface area contributed by atoms with E-state index in [2.05, 4.69) is 20.6 Å². The van der Waals surface area contributed by atoms with E-state index in [9.17, 15) is 4.79 Å². The zero-order chi connectivity index (χ0) is 15.9. The van der Waals surface area contributed by atoms with Gasteiger partial charge in [0.05, 0.1) is 10.7 Å². The highest BCUT2D eigenvalue weighted by atomic mass is 35.5. The Morgan fingerprint density at radius 3 is 2.68 bits per heavy atom. The standard InChI is InChI=1S/C14H9Cl2N5O/c15-10-2-3-11(16)12(6-10)21-13(22)9(7-17)8-20-14-18-4-1-5-19-14/h1-6,8H,(H,21,22)(H,18,19,20)/b9-8-. The second kappa shape index (κ2) is 7.41. The van der Waals surface area contributed by atoms with Crippen molar-refractivity contribution in [2.75, 3.05) is 10.6 Å². The van der Waals surface area contributed by atoms with Gasteiger partial charge in [0.1, 0.15) is 11.6 Å². The summed E-state index contributed by atoms with van der Waals surface area (Å²) in [7, 11) is 0. The largest absolute Gasteiger partial charge is 0.329 e. The quantitative estimate of drug-likeness (QED) is 0.662.